The van der Waals surface area contributed by atoms with Crippen LogP contribution in [0.15, 0.2) is 0 Å². The van der Waals surface area contributed by atoms with Gasteiger partial charge in [0.05, 0.1) is 11.9 Å². The first-order valence-electron chi connectivity index (χ1n) is 8.18. The predicted molar refractivity (Wildman–Crippen MR) is 78.3 cm³/mol. The van der Waals surface area contributed by atoms with Gasteiger partial charge in [0.25, 0.3) is 0 Å². The number of unbranched alkanes of at least 4 members (excludes halogenated alkanes) is 9. The van der Waals surface area contributed by atoms with Gasteiger partial charge >= 0.3 is 59.1 Å². The summed E-state index contributed by atoms with van der Waals surface area (Å²) in [4.78, 5) is 22.4. The zero-order valence-corrected chi connectivity index (χ0v) is 19.3. The van der Waals surface area contributed by atoms with Crippen LogP contribution in [-0.2, 0) is 9.59 Å². The molecule has 0 aromatic rings. The van der Waals surface area contributed by atoms with Crippen molar-refractivity contribution in [3.05, 3.63) is 0 Å². The van der Waals surface area contributed by atoms with Gasteiger partial charge in [-0.3, -0.25) is 4.90 Å². The van der Waals surface area contributed by atoms with E-state index in [1.165, 1.54) is 49.8 Å². The molecule has 0 aromatic heterocycles. The Hall–Kier alpha value is 0.900. The molecule has 0 aliphatic carbocycles. The number of hydrogen-bond donors (Lipinski definition) is 0. The van der Waals surface area contributed by atoms with Gasteiger partial charge in [-0.05, 0) is 13.0 Å². The Labute approximate surface area is 185 Å². The molecule has 0 aliphatic heterocycles. The Morgan fingerprint density at radius 1 is 0.696 bits per heavy atom. The molecule has 0 aromatic carbocycles. The fourth-order valence-electron chi connectivity index (χ4n) is 2.40. The van der Waals surface area contributed by atoms with Crippen LogP contribution in [0.4, 0.5) is 0 Å². The summed E-state index contributed by atoms with van der Waals surface area (Å²) in [6.45, 7) is 2.00. The summed E-state index contributed by atoms with van der Waals surface area (Å²) in [7, 11) is 0. The third kappa shape index (κ3) is 22.9. The second-order valence-electron chi connectivity index (χ2n) is 5.64. The van der Waals surface area contributed by atoms with Crippen LogP contribution in [0.3, 0.4) is 0 Å². The molecule has 0 bridgehead atoms. The van der Waals surface area contributed by atoms with E-state index in [0.29, 0.717) is 6.54 Å². The van der Waals surface area contributed by atoms with Crippen molar-refractivity contribution in [1.82, 2.24) is 4.90 Å². The maximum atomic E-state index is 10.5. The van der Waals surface area contributed by atoms with Crippen molar-refractivity contribution in [1.29, 1.82) is 0 Å². The maximum absolute atomic E-state index is 10.5. The first kappa shape index (κ1) is 28.7. The molecule has 0 aliphatic rings. The molecule has 0 atom stereocenters. The van der Waals surface area contributed by atoms with Crippen molar-refractivity contribution >= 4 is 11.9 Å². The third-order valence-corrected chi connectivity index (χ3v) is 3.53. The summed E-state index contributed by atoms with van der Waals surface area (Å²) >= 11 is 0. The van der Waals surface area contributed by atoms with E-state index in [-0.39, 0.29) is 72.2 Å². The largest absolute Gasteiger partial charge is 1.00 e. The molecular formula is C16H29NNa2O4. The van der Waals surface area contributed by atoms with E-state index >= 15 is 0 Å². The van der Waals surface area contributed by atoms with Crippen molar-refractivity contribution in [2.45, 2.75) is 71.1 Å². The quantitative estimate of drug-likeness (QED) is 0.219. The van der Waals surface area contributed by atoms with Crippen LogP contribution in [0, 0.1) is 0 Å². The van der Waals surface area contributed by atoms with Crippen LogP contribution in [0.1, 0.15) is 71.1 Å². The van der Waals surface area contributed by atoms with E-state index in [0.717, 1.165) is 19.3 Å². The minimum Gasteiger partial charge on any atom is -0.549 e. The van der Waals surface area contributed by atoms with Crippen molar-refractivity contribution < 1.29 is 78.9 Å². The van der Waals surface area contributed by atoms with E-state index in [1.807, 2.05) is 0 Å². The number of nitrogens with zero attached hydrogens (tertiary/aromatic N) is 1. The van der Waals surface area contributed by atoms with Crippen LogP contribution in [-0.4, -0.2) is 36.5 Å². The molecule has 0 spiro atoms. The van der Waals surface area contributed by atoms with Gasteiger partial charge in [-0.1, -0.05) is 64.7 Å². The first-order valence-corrected chi connectivity index (χ1v) is 8.18. The number of carboxylic acids is 2. The number of aliphatic carboxylic acids is 2. The van der Waals surface area contributed by atoms with Gasteiger partial charge in [-0.15, -0.1) is 0 Å². The summed E-state index contributed by atoms with van der Waals surface area (Å²) in [6, 6.07) is 0. The second-order valence-corrected chi connectivity index (χ2v) is 5.64. The first-order chi connectivity index (χ1) is 10.1. The average Bonchev–Trinajstić information content (AvgIpc) is 2.39. The van der Waals surface area contributed by atoms with Gasteiger partial charge in [0, 0.05) is 13.1 Å². The molecule has 0 fully saturated rings. The molecule has 0 unspecified atom stereocenters. The van der Waals surface area contributed by atoms with Crippen LogP contribution in [0.5, 0.6) is 0 Å². The van der Waals surface area contributed by atoms with Gasteiger partial charge in [0.2, 0.25) is 0 Å². The number of carboxylic acid groups (broad SMARTS) is 2. The standard InChI is InChI=1S/C16H31NO4.2Na/c1-2-3-4-5-6-7-8-9-10-11-12-17(13-15(18)19)14-16(20)21;;/h2-14H2,1H3,(H,18,19)(H,20,21);;/q;2*+1/p-2. The fraction of sp³-hybridized carbons (Fsp3) is 0.875. The van der Waals surface area contributed by atoms with Gasteiger partial charge in [-0.2, -0.15) is 0 Å². The smallest absolute Gasteiger partial charge is 0.549 e. The number of rotatable bonds is 15. The molecule has 0 amide bonds. The van der Waals surface area contributed by atoms with Gasteiger partial charge < -0.3 is 19.8 Å². The van der Waals surface area contributed by atoms with Crippen LogP contribution in [0.2, 0.25) is 0 Å². The summed E-state index contributed by atoms with van der Waals surface area (Å²) < 4.78 is 0. The van der Waals surface area contributed by atoms with Gasteiger partial charge in [0.1, 0.15) is 0 Å². The topological polar surface area (TPSA) is 83.5 Å². The van der Waals surface area contributed by atoms with Crippen LogP contribution in [0.25, 0.3) is 0 Å². The molecule has 5 nitrogen and oxygen atoms in total. The minimum absolute atomic E-state index is 0. The molecule has 0 N–H and O–H groups in total. The zero-order valence-electron chi connectivity index (χ0n) is 15.3. The minimum atomic E-state index is -1.25. The van der Waals surface area contributed by atoms with E-state index < -0.39 is 11.9 Å². The molecule has 0 rings (SSSR count). The molecular weight excluding hydrogens is 316 g/mol. The van der Waals surface area contributed by atoms with Gasteiger partial charge in [0.15, 0.2) is 0 Å². The average molecular weight is 345 g/mol. The van der Waals surface area contributed by atoms with Gasteiger partial charge in [-0.25, -0.2) is 0 Å². The molecule has 7 heteroatoms. The van der Waals surface area contributed by atoms with Crippen LogP contribution >= 0.6 is 0 Å². The SMILES string of the molecule is CCCCCCCCCCCCN(CC(=O)[O-])CC(=O)[O-].[Na+].[Na+]. The van der Waals surface area contributed by atoms with E-state index in [2.05, 4.69) is 6.92 Å². The Bertz CT molecular complexity index is 275. The monoisotopic (exact) mass is 345 g/mol. The van der Waals surface area contributed by atoms with Crippen molar-refractivity contribution in [2.75, 3.05) is 19.6 Å². The molecule has 0 heterocycles. The molecule has 0 radical (unpaired) electrons. The molecule has 0 saturated carbocycles. The molecule has 124 valence electrons. The summed E-state index contributed by atoms with van der Waals surface area (Å²) in [5.74, 6) is -2.49. The number of carbonyl (C=O) groups is 2. The predicted octanol–water partition coefficient (Wildman–Crippen LogP) is -5.28. The zero-order chi connectivity index (χ0) is 15.9. The van der Waals surface area contributed by atoms with E-state index in [9.17, 15) is 19.8 Å². The van der Waals surface area contributed by atoms with Crippen molar-refractivity contribution in [3.8, 4) is 0 Å². The summed E-state index contributed by atoms with van der Waals surface area (Å²) in [6.07, 6.45) is 11.9. The van der Waals surface area contributed by atoms with Crippen LogP contribution < -0.4 is 69.3 Å². The maximum Gasteiger partial charge on any atom is 1.00 e. The Morgan fingerprint density at radius 2 is 1.04 bits per heavy atom. The Kier molecular flexibility index (Phi) is 26.1. The normalized spacial score (nSPS) is 10.0. The van der Waals surface area contributed by atoms with E-state index in [4.69, 9.17) is 0 Å². The Balaban J connectivity index is -0.00000200. The van der Waals surface area contributed by atoms with Crippen molar-refractivity contribution in [3.63, 3.8) is 0 Å². The summed E-state index contributed by atoms with van der Waals surface area (Å²) in [5.41, 5.74) is 0. The van der Waals surface area contributed by atoms with Crippen molar-refractivity contribution in [2.24, 2.45) is 0 Å². The Morgan fingerprint density at radius 3 is 1.39 bits per heavy atom. The third-order valence-electron chi connectivity index (χ3n) is 3.53. The van der Waals surface area contributed by atoms with E-state index in [1.54, 1.807) is 0 Å². The molecule has 0 saturated heterocycles. The molecule has 23 heavy (non-hydrogen) atoms. The fourth-order valence-corrected chi connectivity index (χ4v) is 2.40. The second kappa shape index (κ2) is 20.9. The number of hydrogen-bond acceptors (Lipinski definition) is 5. The summed E-state index contributed by atoms with van der Waals surface area (Å²) in [5, 5.41) is 21.0. The number of carbonyl (C=O) groups excluding carboxylic acids is 2.